The van der Waals surface area contributed by atoms with Crippen molar-refractivity contribution in [3.63, 3.8) is 0 Å². The number of hydrogen-bond donors (Lipinski definition) is 1. The zero-order valence-corrected chi connectivity index (χ0v) is 12.5. The Hall–Kier alpha value is -1.15. The molecule has 2 heteroatoms. The smallest absolute Gasteiger partial charge is 0.159 e. The van der Waals surface area contributed by atoms with Gasteiger partial charge in [-0.3, -0.25) is 4.79 Å². The second-order valence-corrected chi connectivity index (χ2v) is 5.25. The fourth-order valence-corrected chi connectivity index (χ4v) is 2.38. The maximum Gasteiger partial charge on any atom is 0.159 e. The Bertz CT molecular complexity index is 369. The molecule has 1 aromatic carbocycles. The summed E-state index contributed by atoms with van der Waals surface area (Å²) in [6.07, 6.45) is 4.87. The van der Waals surface area contributed by atoms with E-state index in [1.807, 2.05) is 12.1 Å². The van der Waals surface area contributed by atoms with Crippen LogP contribution in [0.4, 0.5) is 0 Å². The lowest BCUT2D eigenvalue weighted by Crippen LogP contribution is -2.22. The van der Waals surface area contributed by atoms with Crippen molar-refractivity contribution in [2.45, 2.75) is 46.5 Å². The Balaban J connectivity index is 2.46. The van der Waals surface area contributed by atoms with Crippen LogP contribution in [-0.2, 0) is 6.42 Å². The first-order valence-corrected chi connectivity index (χ1v) is 7.48. The van der Waals surface area contributed by atoms with E-state index in [0.717, 1.165) is 31.0 Å². The second kappa shape index (κ2) is 8.87. The highest BCUT2D eigenvalue weighted by atomic mass is 16.1. The molecule has 1 unspecified atom stereocenters. The van der Waals surface area contributed by atoms with E-state index in [1.54, 1.807) is 6.92 Å². The summed E-state index contributed by atoms with van der Waals surface area (Å²) in [6.45, 7) is 8.19. The molecule has 0 aliphatic rings. The van der Waals surface area contributed by atoms with E-state index in [0.29, 0.717) is 0 Å². The SMILES string of the molecule is CCCC(CCc1ccc(C(C)=O)cc1)CNCC. The molecule has 0 aliphatic carbocycles. The van der Waals surface area contributed by atoms with Crippen molar-refractivity contribution in [3.8, 4) is 0 Å². The van der Waals surface area contributed by atoms with Gasteiger partial charge in [0, 0.05) is 5.56 Å². The average molecular weight is 261 g/mol. The van der Waals surface area contributed by atoms with Gasteiger partial charge >= 0.3 is 0 Å². The van der Waals surface area contributed by atoms with Gasteiger partial charge in [-0.25, -0.2) is 0 Å². The molecule has 106 valence electrons. The van der Waals surface area contributed by atoms with E-state index >= 15 is 0 Å². The van der Waals surface area contributed by atoms with Crippen molar-refractivity contribution in [1.82, 2.24) is 5.32 Å². The molecule has 0 aromatic heterocycles. The highest BCUT2D eigenvalue weighted by Crippen LogP contribution is 2.15. The largest absolute Gasteiger partial charge is 0.317 e. The minimum absolute atomic E-state index is 0.141. The van der Waals surface area contributed by atoms with Gasteiger partial charge in [-0.1, -0.05) is 44.5 Å². The highest BCUT2D eigenvalue weighted by molar-refractivity contribution is 5.93. The number of nitrogens with one attached hydrogen (secondary N) is 1. The standard InChI is InChI=1S/C17H27NO/c1-4-6-16(13-18-5-2)8-7-15-9-11-17(12-10-15)14(3)19/h9-12,16,18H,4-8,13H2,1-3H3. The van der Waals surface area contributed by atoms with Crippen molar-refractivity contribution >= 4 is 5.78 Å². The van der Waals surface area contributed by atoms with E-state index in [1.165, 1.54) is 24.8 Å². The first-order chi connectivity index (χ1) is 9.17. The molecule has 0 fully saturated rings. The molecule has 0 radical (unpaired) electrons. The number of carbonyl (C=O) groups excluding carboxylic acids is 1. The number of carbonyl (C=O) groups is 1. The van der Waals surface area contributed by atoms with Gasteiger partial charge in [0.25, 0.3) is 0 Å². The van der Waals surface area contributed by atoms with Gasteiger partial charge in [-0.2, -0.15) is 0 Å². The van der Waals surface area contributed by atoms with Gasteiger partial charge in [-0.15, -0.1) is 0 Å². The molecular weight excluding hydrogens is 234 g/mol. The number of rotatable bonds is 9. The average Bonchev–Trinajstić information content (AvgIpc) is 2.42. The fraction of sp³-hybridized carbons (Fsp3) is 0.588. The van der Waals surface area contributed by atoms with Crippen LogP contribution in [-0.4, -0.2) is 18.9 Å². The van der Waals surface area contributed by atoms with E-state index in [4.69, 9.17) is 0 Å². The lowest BCUT2D eigenvalue weighted by molar-refractivity contribution is 0.101. The molecule has 0 saturated carbocycles. The summed E-state index contributed by atoms with van der Waals surface area (Å²) < 4.78 is 0. The topological polar surface area (TPSA) is 29.1 Å². The van der Waals surface area contributed by atoms with Gasteiger partial charge in [0.15, 0.2) is 5.78 Å². The second-order valence-electron chi connectivity index (χ2n) is 5.25. The van der Waals surface area contributed by atoms with Crippen LogP contribution in [0.5, 0.6) is 0 Å². The van der Waals surface area contributed by atoms with Crippen LogP contribution >= 0.6 is 0 Å². The van der Waals surface area contributed by atoms with E-state index in [9.17, 15) is 4.79 Å². The van der Waals surface area contributed by atoms with Crippen molar-refractivity contribution in [2.75, 3.05) is 13.1 Å². The van der Waals surface area contributed by atoms with Crippen LogP contribution in [0.15, 0.2) is 24.3 Å². The quantitative estimate of drug-likeness (QED) is 0.684. The predicted molar refractivity (Wildman–Crippen MR) is 81.7 cm³/mol. The summed E-state index contributed by atoms with van der Waals surface area (Å²) in [5, 5.41) is 3.45. The van der Waals surface area contributed by atoms with Crippen molar-refractivity contribution in [3.05, 3.63) is 35.4 Å². The molecule has 0 spiro atoms. The number of benzene rings is 1. The van der Waals surface area contributed by atoms with Crippen molar-refractivity contribution in [2.24, 2.45) is 5.92 Å². The molecular formula is C17H27NO. The van der Waals surface area contributed by atoms with Crippen LogP contribution in [0, 0.1) is 5.92 Å². The van der Waals surface area contributed by atoms with E-state index < -0.39 is 0 Å². The van der Waals surface area contributed by atoms with Crippen LogP contribution in [0.3, 0.4) is 0 Å². The minimum atomic E-state index is 0.141. The van der Waals surface area contributed by atoms with Crippen LogP contribution in [0.25, 0.3) is 0 Å². The molecule has 0 heterocycles. The molecule has 1 aromatic rings. The maximum absolute atomic E-state index is 11.2. The lowest BCUT2D eigenvalue weighted by atomic mass is 9.94. The molecule has 19 heavy (non-hydrogen) atoms. The summed E-state index contributed by atoms with van der Waals surface area (Å²) in [5.41, 5.74) is 2.14. The summed E-state index contributed by atoms with van der Waals surface area (Å²) >= 11 is 0. The van der Waals surface area contributed by atoms with Gasteiger partial charge in [0.2, 0.25) is 0 Å². The monoisotopic (exact) mass is 261 g/mol. The molecule has 0 bridgehead atoms. The molecule has 2 nitrogen and oxygen atoms in total. The molecule has 0 saturated heterocycles. The zero-order chi connectivity index (χ0) is 14.1. The molecule has 0 aliphatic heterocycles. The zero-order valence-electron chi connectivity index (χ0n) is 12.5. The Labute approximate surface area is 117 Å². The maximum atomic E-state index is 11.2. The molecule has 1 N–H and O–H groups in total. The Kier molecular flexibility index (Phi) is 7.42. The summed E-state index contributed by atoms with van der Waals surface area (Å²) in [7, 11) is 0. The van der Waals surface area contributed by atoms with E-state index in [-0.39, 0.29) is 5.78 Å². The Morgan fingerprint density at radius 1 is 1.16 bits per heavy atom. The summed E-state index contributed by atoms with van der Waals surface area (Å²) in [6, 6.07) is 8.06. The van der Waals surface area contributed by atoms with Gasteiger partial charge < -0.3 is 5.32 Å². The number of hydrogen-bond acceptors (Lipinski definition) is 2. The van der Waals surface area contributed by atoms with Crippen LogP contribution < -0.4 is 5.32 Å². The molecule has 1 atom stereocenters. The molecule has 0 amide bonds. The fourth-order valence-electron chi connectivity index (χ4n) is 2.38. The third-order valence-electron chi connectivity index (χ3n) is 3.58. The van der Waals surface area contributed by atoms with Crippen LogP contribution in [0.2, 0.25) is 0 Å². The first-order valence-electron chi connectivity index (χ1n) is 7.48. The normalized spacial score (nSPS) is 12.4. The summed E-state index contributed by atoms with van der Waals surface area (Å²) in [4.78, 5) is 11.2. The highest BCUT2D eigenvalue weighted by Gasteiger charge is 2.07. The van der Waals surface area contributed by atoms with Crippen molar-refractivity contribution < 1.29 is 4.79 Å². The lowest BCUT2D eigenvalue weighted by Gasteiger charge is -2.16. The Morgan fingerprint density at radius 3 is 2.37 bits per heavy atom. The Morgan fingerprint density at radius 2 is 1.84 bits per heavy atom. The van der Waals surface area contributed by atoms with Crippen molar-refractivity contribution in [1.29, 1.82) is 0 Å². The van der Waals surface area contributed by atoms with Crippen LogP contribution in [0.1, 0.15) is 56.0 Å². The van der Waals surface area contributed by atoms with Gasteiger partial charge in [-0.05, 0) is 50.8 Å². The van der Waals surface area contributed by atoms with Gasteiger partial charge in [0.05, 0.1) is 0 Å². The summed E-state index contributed by atoms with van der Waals surface area (Å²) in [5.74, 6) is 0.903. The van der Waals surface area contributed by atoms with E-state index in [2.05, 4.69) is 31.3 Å². The number of aryl methyl sites for hydroxylation is 1. The number of Topliss-reactive ketones (excluding diaryl/α,β-unsaturated/α-hetero) is 1. The molecule has 1 rings (SSSR count). The first kappa shape index (κ1) is 15.9. The predicted octanol–water partition coefficient (Wildman–Crippen LogP) is 3.85. The minimum Gasteiger partial charge on any atom is -0.317 e. The third-order valence-corrected chi connectivity index (χ3v) is 3.58. The third kappa shape index (κ3) is 6.02. The van der Waals surface area contributed by atoms with Gasteiger partial charge in [0.1, 0.15) is 0 Å². The number of ketones is 1.